The molecule has 2 atom stereocenters. The summed E-state index contributed by atoms with van der Waals surface area (Å²) >= 11 is 0. The highest BCUT2D eigenvalue weighted by Gasteiger charge is 2.14. The van der Waals surface area contributed by atoms with Crippen LogP contribution in [0.1, 0.15) is 27.7 Å². The SMILES string of the molecule is CCN(CC)CC(C)NC(C)C(=O)O. The Morgan fingerprint density at radius 3 is 2.21 bits per heavy atom. The zero-order valence-electron chi connectivity index (χ0n) is 9.58. The van der Waals surface area contributed by atoms with Crippen LogP contribution < -0.4 is 5.32 Å². The fourth-order valence-corrected chi connectivity index (χ4v) is 1.42. The summed E-state index contributed by atoms with van der Waals surface area (Å²) in [4.78, 5) is 12.9. The maximum atomic E-state index is 10.6. The van der Waals surface area contributed by atoms with Crippen LogP contribution in [0.2, 0.25) is 0 Å². The minimum absolute atomic E-state index is 0.209. The summed E-state index contributed by atoms with van der Waals surface area (Å²) < 4.78 is 0. The molecule has 0 aromatic carbocycles. The van der Waals surface area contributed by atoms with E-state index in [1.807, 2.05) is 6.92 Å². The van der Waals surface area contributed by atoms with Crippen LogP contribution in [0, 0.1) is 0 Å². The Labute approximate surface area is 86.3 Å². The first-order chi connectivity index (χ1) is 6.51. The number of carbonyl (C=O) groups is 1. The van der Waals surface area contributed by atoms with Crippen molar-refractivity contribution in [2.45, 2.75) is 39.8 Å². The topological polar surface area (TPSA) is 52.6 Å². The number of carboxylic acids is 1. The Kier molecular flexibility index (Phi) is 6.49. The third-order valence-corrected chi connectivity index (χ3v) is 2.33. The minimum atomic E-state index is -0.795. The van der Waals surface area contributed by atoms with Gasteiger partial charge in [0.25, 0.3) is 0 Å². The highest BCUT2D eigenvalue weighted by molar-refractivity contribution is 5.72. The van der Waals surface area contributed by atoms with E-state index in [1.54, 1.807) is 6.92 Å². The number of hydrogen-bond acceptors (Lipinski definition) is 3. The van der Waals surface area contributed by atoms with Crippen LogP contribution in [0.4, 0.5) is 0 Å². The smallest absolute Gasteiger partial charge is 0.320 e. The molecule has 0 saturated heterocycles. The number of aliphatic carboxylic acids is 1. The molecular weight excluding hydrogens is 180 g/mol. The third-order valence-electron chi connectivity index (χ3n) is 2.33. The molecule has 0 bridgehead atoms. The van der Waals surface area contributed by atoms with Crippen molar-refractivity contribution >= 4 is 5.97 Å². The van der Waals surface area contributed by atoms with E-state index in [4.69, 9.17) is 5.11 Å². The molecule has 0 radical (unpaired) electrons. The average molecular weight is 202 g/mol. The predicted molar refractivity (Wildman–Crippen MR) is 57.5 cm³/mol. The van der Waals surface area contributed by atoms with Crippen molar-refractivity contribution in [3.8, 4) is 0 Å². The number of nitrogens with zero attached hydrogens (tertiary/aromatic N) is 1. The van der Waals surface area contributed by atoms with Gasteiger partial charge in [0.2, 0.25) is 0 Å². The number of hydrogen-bond donors (Lipinski definition) is 2. The molecule has 2 unspecified atom stereocenters. The summed E-state index contributed by atoms with van der Waals surface area (Å²) in [5.74, 6) is -0.795. The van der Waals surface area contributed by atoms with Gasteiger partial charge in [0.15, 0.2) is 0 Å². The molecular formula is C10H22N2O2. The molecule has 0 aliphatic carbocycles. The van der Waals surface area contributed by atoms with Gasteiger partial charge in [0.05, 0.1) is 0 Å². The average Bonchev–Trinajstić information content (AvgIpc) is 2.13. The molecule has 0 fully saturated rings. The Balaban J connectivity index is 3.84. The molecule has 0 aromatic heterocycles. The van der Waals surface area contributed by atoms with Crippen molar-refractivity contribution < 1.29 is 9.90 Å². The Morgan fingerprint density at radius 2 is 1.86 bits per heavy atom. The lowest BCUT2D eigenvalue weighted by atomic mass is 10.2. The molecule has 0 saturated carbocycles. The van der Waals surface area contributed by atoms with Crippen molar-refractivity contribution in [1.82, 2.24) is 10.2 Å². The number of carboxylic acid groups (broad SMARTS) is 1. The van der Waals surface area contributed by atoms with E-state index in [9.17, 15) is 4.79 Å². The Hall–Kier alpha value is -0.610. The predicted octanol–water partition coefficient (Wildman–Crippen LogP) is 0.779. The minimum Gasteiger partial charge on any atom is -0.480 e. The Morgan fingerprint density at radius 1 is 1.36 bits per heavy atom. The van der Waals surface area contributed by atoms with E-state index in [0.717, 1.165) is 19.6 Å². The van der Waals surface area contributed by atoms with E-state index >= 15 is 0 Å². The van der Waals surface area contributed by atoms with Crippen molar-refractivity contribution in [2.24, 2.45) is 0 Å². The molecule has 4 nitrogen and oxygen atoms in total. The number of nitrogens with one attached hydrogen (secondary N) is 1. The van der Waals surface area contributed by atoms with Gasteiger partial charge in [-0.2, -0.15) is 0 Å². The molecule has 0 heterocycles. The lowest BCUT2D eigenvalue weighted by molar-refractivity contribution is -0.139. The first-order valence-electron chi connectivity index (χ1n) is 5.22. The molecule has 0 spiro atoms. The van der Waals surface area contributed by atoms with Gasteiger partial charge in [0, 0.05) is 12.6 Å². The summed E-state index contributed by atoms with van der Waals surface area (Å²) in [5, 5.41) is 11.7. The van der Waals surface area contributed by atoms with Crippen LogP contribution in [-0.2, 0) is 4.79 Å². The van der Waals surface area contributed by atoms with Gasteiger partial charge in [-0.25, -0.2) is 0 Å². The summed E-state index contributed by atoms with van der Waals surface area (Å²) in [6.07, 6.45) is 0. The molecule has 14 heavy (non-hydrogen) atoms. The molecule has 0 aliphatic rings. The molecule has 84 valence electrons. The van der Waals surface area contributed by atoms with Gasteiger partial charge in [-0.15, -0.1) is 0 Å². The van der Waals surface area contributed by atoms with Gasteiger partial charge in [-0.3, -0.25) is 4.79 Å². The number of rotatable bonds is 7. The van der Waals surface area contributed by atoms with E-state index in [2.05, 4.69) is 24.1 Å². The zero-order chi connectivity index (χ0) is 11.1. The van der Waals surface area contributed by atoms with Crippen LogP contribution in [0.15, 0.2) is 0 Å². The van der Waals surface area contributed by atoms with Crippen LogP contribution >= 0.6 is 0 Å². The lowest BCUT2D eigenvalue weighted by Gasteiger charge is -2.24. The van der Waals surface area contributed by atoms with Gasteiger partial charge < -0.3 is 15.3 Å². The van der Waals surface area contributed by atoms with Crippen LogP contribution in [0.3, 0.4) is 0 Å². The van der Waals surface area contributed by atoms with Gasteiger partial charge in [-0.05, 0) is 26.9 Å². The highest BCUT2D eigenvalue weighted by Crippen LogP contribution is 1.93. The van der Waals surface area contributed by atoms with E-state index in [0.29, 0.717) is 0 Å². The van der Waals surface area contributed by atoms with Crippen LogP contribution in [-0.4, -0.2) is 47.7 Å². The van der Waals surface area contributed by atoms with Crippen LogP contribution in [0.5, 0.6) is 0 Å². The second-order valence-corrected chi connectivity index (χ2v) is 3.61. The monoisotopic (exact) mass is 202 g/mol. The van der Waals surface area contributed by atoms with Gasteiger partial charge in [0.1, 0.15) is 6.04 Å². The molecule has 0 aliphatic heterocycles. The summed E-state index contributed by atoms with van der Waals surface area (Å²) in [7, 11) is 0. The normalized spacial score (nSPS) is 15.5. The largest absolute Gasteiger partial charge is 0.480 e. The first-order valence-corrected chi connectivity index (χ1v) is 5.22. The van der Waals surface area contributed by atoms with Crippen molar-refractivity contribution in [3.63, 3.8) is 0 Å². The molecule has 0 aromatic rings. The third kappa shape index (κ3) is 5.19. The van der Waals surface area contributed by atoms with E-state index < -0.39 is 12.0 Å². The lowest BCUT2D eigenvalue weighted by Crippen LogP contribution is -2.45. The molecule has 2 N–H and O–H groups in total. The summed E-state index contributed by atoms with van der Waals surface area (Å²) in [5.41, 5.74) is 0. The maximum Gasteiger partial charge on any atom is 0.320 e. The Bertz CT molecular complexity index is 170. The van der Waals surface area contributed by atoms with Crippen molar-refractivity contribution in [2.75, 3.05) is 19.6 Å². The highest BCUT2D eigenvalue weighted by atomic mass is 16.4. The molecule has 4 heteroatoms. The summed E-state index contributed by atoms with van der Waals surface area (Å²) in [6.45, 7) is 10.8. The first kappa shape index (κ1) is 13.4. The van der Waals surface area contributed by atoms with Crippen molar-refractivity contribution in [1.29, 1.82) is 0 Å². The van der Waals surface area contributed by atoms with Gasteiger partial charge in [-0.1, -0.05) is 13.8 Å². The standard InChI is InChI=1S/C10H22N2O2/c1-5-12(6-2)7-8(3)11-9(4)10(13)14/h8-9,11H,5-7H2,1-4H3,(H,13,14). The molecule has 0 rings (SSSR count). The summed E-state index contributed by atoms with van der Waals surface area (Å²) in [6, 6.07) is -0.262. The fraction of sp³-hybridized carbons (Fsp3) is 0.900. The zero-order valence-corrected chi connectivity index (χ0v) is 9.58. The quantitative estimate of drug-likeness (QED) is 0.640. The second-order valence-electron chi connectivity index (χ2n) is 3.61. The van der Waals surface area contributed by atoms with Gasteiger partial charge >= 0.3 is 5.97 Å². The van der Waals surface area contributed by atoms with Crippen LogP contribution in [0.25, 0.3) is 0 Å². The number of likely N-dealkylation sites (N-methyl/N-ethyl adjacent to an activating group) is 1. The second kappa shape index (κ2) is 6.79. The maximum absolute atomic E-state index is 10.6. The van der Waals surface area contributed by atoms with E-state index in [-0.39, 0.29) is 6.04 Å². The van der Waals surface area contributed by atoms with E-state index in [1.165, 1.54) is 0 Å². The fourth-order valence-electron chi connectivity index (χ4n) is 1.42. The van der Waals surface area contributed by atoms with Crippen molar-refractivity contribution in [3.05, 3.63) is 0 Å². The molecule has 0 amide bonds.